The van der Waals surface area contributed by atoms with E-state index in [1.165, 1.54) is 12.1 Å². The zero-order valence-corrected chi connectivity index (χ0v) is 11.2. The van der Waals surface area contributed by atoms with E-state index in [9.17, 15) is 4.39 Å². The Labute approximate surface area is 111 Å². The average molecular weight is 263 g/mol. The van der Waals surface area contributed by atoms with E-state index in [1.807, 2.05) is 13.1 Å². The Kier molecular flexibility index (Phi) is 3.07. The van der Waals surface area contributed by atoms with E-state index >= 15 is 0 Å². The fourth-order valence-corrected chi connectivity index (χ4v) is 2.95. The van der Waals surface area contributed by atoms with Crippen LogP contribution < -0.4 is 5.32 Å². The molecule has 0 saturated carbocycles. The molecule has 1 saturated heterocycles. The van der Waals surface area contributed by atoms with Gasteiger partial charge in [0.15, 0.2) is 0 Å². The van der Waals surface area contributed by atoms with Gasteiger partial charge in [-0.15, -0.1) is 0 Å². The topological polar surface area (TPSA) is 34.4 Å². The van der Waals surface area contributed by atoms with Crippen LogP contribution >= 0.6 is 0 Å². The number of benzene rings is 1. The van der Waals surface area contributed by atoms with Crippen molar-refractivity contribution in [1.82, 2.24) is 5.32 Å². The van der Waals surface area contributed by atoms with Gasteiger partial charge < -0.3 is 14.5 Å². The lowest BCUT2D eigenvalue weighted by molar-refractivity contribution is -0.0156. The summed E-state index contributed by atoms with van der Waals surface area (Å²) >= 11 is 0. The van der Waals surface area contributed by atoms with Crippen LogP contribution in [-0.2, 0) is 4.74 Å². The molecular weight excluding hydrogens is 245 g/mol. The van der Waals surface area contributed by atoms with E-state index < -0.39 is 0 Å². The number of halogens is 1. The SMILES string of the molecule is CNC(c1cc2cc(F)ccc2o1)C1(C)CCCO1. The van der Waals surface area contributed by atoms with Crippen molar-refractivity contribution in [3.8, 4) is 0 Å². The Morgan fingerprint density at radius 1 is 1.37 bits per heavy atom. The van der Waals surface area contributed by atoms with Gasteiger partial charge in [-0.2, -0.15) is 0 Å². The maximum absolute atomic E-state index is 13.2. The van der Waals surface area contributed by atoms with Crippen LogP contribution in [0.1, 0.15) is 31.6 Å². The summed E-state index contributed by atoms with van der Waals surface area (Å²) in [6, 6.07) is 6.45. The van der Waals surface area contributed by atoms with Crippen LogP contribution in [0.2, 0.25) is 0 Å². The molecule has 1 N–H and O–H groups in total. The fourth-order valence-electron chi connectivity index (χ4n) is 2.95. The number of hydrogen-bond acceptors (Lipinski definition) is 3. The third-order valence-corrected chi connectivity index (χ3v) is 3.93. The lowest BCUT2D eigenvalue weighted by Crippen LogP contribution is -2.39. The lowest BCUT2D eigenvalue weighted by Gasteiger charge is -2.31. The van der Waals surface area contributed by atoms with Crippen molar-refractivity contribution in [3.63, 3.8) is 0 Å². The molecule has 2 aromatic rings. The summed E-state index contributed by atoms with van der Waals surface area (Å²) < 4.78 is 24.9. The lowest BCUT2D eigenvalue weighted by atomic mass is 9.91. The molecule has 0 bridgehead atoms. The first kappa shape index (κ1) is 12.6. The maximum Gasteiger partial charge on any atom is 0.134 e. The smallest absolute Gasteiger partial charge is 0.134 e. The summed E-state index contributed by atoms with van der Waals surface area (Å²) in [5.41, 5.74) is 0.444. The maximum atomic E-state index is 13.2. The molecule has 0 aliphatic carbocycles. The third kappa shape index (κ3) is 2.15. The first-order valence-electron chi connectivity index (χ1n) is 6.62. The second-order valence-corrected chi connectivity index (χ2v) is 5.32. The zero-order chi connectivity index (χ0) is 13.5. The highest BCUT2D eigenvalue weighted by Crippen LogP contribution is 2.38. The molecule has 0 amide bonds. The molecule has 1 aromatic heterocycles. The Morgan fingerprint density at radius 2 is 2.21 bits per heavy atom. The standard InChI is InChI=1S/C15H18FNO2/c1-15(6-3-7-18-15)14(17-2)13-9-10-8-11(16)4-5-12(10)19-13/h4-5,8-9,14,17H,3,6-7H2,1-2H3. The predicted molar refractivity (Wildman–Crippen MR) is 71.6 cm³/mol. The molecule has 3 rings (SSSR count). The van der Waals surface area contributed by atoms with Gasteiger partial charge in [0, 0.05) is 12.0 Å². The summed E-state index contributed by atoms with van der Waals surface area (Å²) in [6.45, 7) is 2.87. The molecule has 3 nitrogen and oxygen atoms in total. The monoisotopic (exact) mass is 263 g/mol. The molecular formula is C15H18FNO2. The second kappa shape index (κ2) is 4.62. The van der Waals surface area contributed by atoms with Gasteiger partial charge in [-0.25, -0.2) is 4.39 Å². The van der Waals surface area contributed by atoms with Gasteiger partial charge in [0.2, 0.25) is 0 Å². The van der Waals surface area contributed by atoms with E-state index in [2.05, 4.69) is 12.2 Å². The first-order valence-corrected chi connectivity index (χ1v) is 6.62. The number of hydrogen-bond donors (Lipinski definition) is 1. The summed E-state index contributed by atoms with van der Waals surface area (Å²) in [5.74, 6) is 0.552. The van der Waals surface area contributed by atoms with Crippen molar-refractivity contribution < 1.29 is 13.5 Å². The average Bonchev–Trinajstić information content (AvgIpc) is 2.96. The number of fused-ring (bicyclic) bond motifs is 1. The molecule has 2 heterocycles. The Hall–Kier alpha value is -1.39. The minimum atomic E-state index is -0.263. The molecule has 2 atom stereocenters. The second-order valence-electron chi connectivity index (χ2n) is 5.32. The van der Waals surface area contributed by atoms with E-state index in [4.69, 9.17) is 9.15 Å². The van der Waals surface area contributed by atoms with Crippen LogP contribution in [-0.4, -0.2) is 19.3 Å². The Bertz CT molecular complexity index is 587. The van der Waals surface area contributed by atoms with E-state index in [0.717, 1.165) is 30.6 Å². The third-order valence-electron chi connectivity index (χ3n) is 3.93. The largest absolute Gasteiger partial charge is 0.459 e. The highest BCUT2D eigenvalue weighted by molar-refractivity contribution is 5.78. The van der Waals surface area contributed by atoms with Crippen molar-refractivity contribution in [3.05, 3.63) is 35.8 Å². The number of furan rings is 1. The van der Waals surface area contributed by atoms with Crippen molar-refractivity contribution in [2.75, 3.05) is 13.7 Å². The van der Waals surface area contributed by atoms with E-state index in [-0.39, 0.29) is 17.5 Å². The van der Waals surface area contributed by atoms with Crippen LogP contribution in [0, 0.1) is 5.82 Å². The van der Waals surface area contributed by atoms with Crippen LogP contribution in [0.25, 0.3) is 11.0 Å². The molecule has 102 valence electrons. The number of likely N-dealkylation sites (N-methyl/N-ethyl adjacent to an activating group) is 1. The zero-order valence-electron chi connectivity index (χ0n) is 11.2. The molecule has 1 aromatic carbocycles. The van der Waals surface area contributed by atoms with Gasteiger partial charge in [-0.1, -0.05) is 0 Å². The summed E-state index contributed by atoms with van der Waals surface area (Å²) in [4.78, 5) is 0. The number of rotatable bonds is 3. The molecule has 4 heteroatoms. The van der Waals surface area contributed by atoms with Crippen molar-refractivity contribution in [2.45, 2.75) is 31.4 Å². The van der Waals surface area contributed by atoms with Crippen molar-refractivity contribution in [2.24, 2.45) is 0 Å². The molecule has 19 heavy (non-hydrogen) atoms. The van der Waals surface area contributed by atoms with Gasteiger partial charge in [0.25, 0.3) is 0 Å². The van der Waals surface area contributed by atoms with Crippen molar-refractivity contribution in [1.29, 1.82) is 0 Å². The molecule has 0 radical (unpaired) electrons. The van der Waals surface area contributed by atoms with E-state index in [0.29, 0.717) is 5.58 Å². The molecule has 2 unspecified atom stereocenters. The quantitative estimate of drug-likeness (QED) is 0.921. The summed E-state index contributed by atoms with van der Waals surface area (Å²) in [7, 11) is 1.89. The highest BCUT2D eigenvalue weighted by Gasteiger charge is 2.40. The van der Waals surface area contributed by atoms with E-state index in [1.54, 1.807) is 6.07 Å². The van der Waals surface area contributed by atoms with Gasteiger partial charge in [0.05, 0.1) is 11.6 Å². The Balaban J connectivity index is 2.01. The molecule has 0 spiro atoms. The molecule has 1 fully saturated rings. The summed E-state index contributed by atoms with van der Waals surface area (Å²) in [6.07, 6.45) is 2.05. The van der Waals surface area contributed by atoms with Gasteiger partial charge in [-0.05, 0) is 51.1 Å². The van der Waals surface area contributed by atoms with Gasteiger partial charge in [-0.3, -0.25) is 0 Å². The van der Waals surface area contributed by atoms with Crippen LogP contribution in [0.5, 0.6) is 0 Å². The van der Waals surface area contributed by atoms with Crippen LogP contribution in [0.3, 0.4) is 0 Å². The summed E-state index contributed by atoms with van der Waals surface area (Å²) in [5, 5.41) is 4.05. The number of ether oxygens (including phenoxy) is 1. The normalized spacial score (nSPS) is 25.0. The predicted octanol–water partition coefficient (Wildman–Crippen LogP) is 3.40. The fraction of sp³-hybridized carbons (Fsp3) is 0.467. The van der Waals surface area contributed by atoms with Crippen LogP contribution in [0.15, 0.2) is 28.7 Å². The van der Waals surface area contributed by atoms with Crippen molar-refractivity contribution >= 4 is 11.0 Å². The molecule has 1 aliphatic rings. The van der Waals surface area contributed by atoms with Gasteiger partial charge in [0.1, 0.15) is 17.2 Å². The Morgan fingerprint density at radius 3 is 2.89 bits per heavy atom. The molecule has 1 aliphatic heterocycles. The minimum absolute atomic E-state index is 0.0227. The minimum Gasteiger partial charge on any atom is -0.459 e. The number of nitrogens with one attached hydrogen (secondary N) is 1. The van der Waals surface area contributed by atoms with Crippen LogP contribution in [0.4, 0.5) is 4.39 Å². The highest BCUT2D eigenvalue weighted by atomic mass is 19.1. The first-order chi connectivity index (χ1) is 9.12. The van der Waals surface area contributed by atoms with Gasteiger partial charge >= 0.3 is 0 Å².